The van der Waals surface area contributed by atoms with Crippen LogP contribution in [0, 0.1) is 22.7 Å². The SMILES string of the molecule is C=C1[C@@H](OC(C)=O)CC[C@@]2(C)C[C@H](O)C3=C(C)C[C@H](OC(C)=O)[C@@H]([C@@H](OC(C)=O)[C@H]12)C3(C)C. The van der Waals surface area contributed by atoms with Gasteiger partial charge in [-0.25, -0.2) is 0 Å². The lowest BCUT2D eigenvalue weighted by Gasteiger charge is -2.58. The molecular weight excluding hydrogens is 424 g/mol. The van der Waals surface area contributed by atoms with Crippen LogP contribution in [0.5, 0.6) is 0 Å². The van der Waals surface area contributed by atoms with Crippen LogP contribution in [0.2, 0.25) is 0 Å². The minimum absolute atomic E-state index is 0.378. The Morgan fingerprint density at radius 1 is 1.00 bits per heavy atom. The number of ether oxygens (including phenoxy) is 3. The summed E-state index contributed by atoms with van der Waals surface area (Å²) in [5.74, 6) is -2.01. The number of esters is 3. The van der Waals surface area contributed by atoms with Gasteiger partial charge in [-0.15, -0.1) is 0 Å². The second kappa shape index (κ2) is 8.90. The van der Waals surface area contributed by atoms with Gasteiger partial charge in [-0.1, -0.05) is 32.9 Å². The number of fused-ring (bicyclic) bond motifs is 3. The summed E-state index contributed by atoms with van der Waals surface area (Å²) in [6.07, 6.45) is -0.180. The van der Waals surface area contributed by atoms with Gasteiger partial charge in [0.1, 0.15) is 18.3 Å². The van der Waals surface area contributed by atoms with E-state index in [4.69, 9.17) is 14.2 Å². The van der Waals surface area contributed by atoms with Gasteiger partial charge in [-0.3, -0.25) is 14.4 Å². The largest absolute Gasteiger partial charge is 0.462 e. The van der Waals surface area contributed by atoms with E-state index in [1.54, 1.807) is 0 Å². The van der Waals surface area contributed by atoms with Crippen LogP contribution in [0.1, 0.15) is 74.1 Å². The molecule has 7 heteroatoms. The van der Waals surface area contributed by atoms with Gasteiger partial charge in [-0.05, 0) is 48.2 Å². The number of carbonyl (C=O) groups excluding carboxylic acids is 3. The summed E-state index contributed by atoms with van der Waals surface area (Å²) in [5, 5.41) is 11.5. The maximum Gasteiger partial charge on any atom is 0.303 e. The Bertz CT molecular complexity index is 885. The molecule has 0 aliphatic heterocycles. The molecular formula is C26H38O7. The zero-order valence-electron chi connectivity index (χ0n) is 20.9. The molecule has 7 nitrogen and oxygen atoms in total. The van der Waals surface area contributed by atoms with Crippen molar-refractivity contribution in [3.8, 4) is 0 Å². The summed E-state index contributed by atoms with van der Waals surface area (Å²) in [6.45, 7) is 16.5. The predicted octanol–water partition coefficient (Wildman–Crippen LogP) is 3.88. The Morgan fingerprint density at radius 2 is 1.58 bits per heavy atom. The van der Waals surface area contributed by atoms with Gasteiger partial charge in [0.05, 0.1) is 6.10 Å². The molecule has 0 aromatic rings. The Hall–Kier alpha value is -2.15. The third-order valence-electron chi connectivity index (χ3n) is 8.04. The minimum atomic E-state index is -0.690. The lowest BCUT2D eigenvalue weighted by atomic mass is 9.50. The smallest absolute Gasteiger partial charge is 0.303 e. The standard InChI is InChI=1S/C26H38O7/c1-13-11-20(32-16(4)28)23-24(33-17(5)29)22-14(2)19(31-15(3)27)9-10-26(22,8)12-18(30)21(13)25(23,6)7/h18-20,22-24,30H,2,9-12H2,1,3-8H3/t18-,19-,20-,22-,23-,24-,26-/m0/s1. The van der Waals surface area contributed by atoms with Crippen LogP contribution in [-0.4, -0.2) is 47.4 Å². The van der Waals surface area contributed by atoms with Crippen molar-refractivity contribution >= 4 is 17.9 Å². The predicted molar refractivity (Wildman–Crippen MR) is 122 cm³/mol. The van der Waals surface area contributed by atoms with Crippen molar-refractivity contribution in [1.29, 1.82) is 0 Å². The zero-order valence-corrected chi connectivity index (χ0v) is 20.9. The molecule has 0 amide bonds. The summed E-state index contributed by atoms with van der Waals surface area (Å²) < 4.78 is 17.4. The van der Waals surface area contributed by atoms with Gasteiger partial charge < -0.3 is 19.3 Å². The quantitative estimate of drug-likeness (QED) is 0.386. The average molecular weight is 463 g/mol. The summed E-state index contributed by atoms with van der Waals surface area (Å²) in [4.78, 5) is 36.2. The molecule has 7 atom stereocenters. The van der Waals surface area contributed by atoms with E-state index in [0.717, 1.165) is 11.1 Å². The average Bonchev–Trinajstić information content (AvgIpc) is 2.61. The van der Waals surface area contributed by atoms with Gasteiger partial charge >= 0.3 is 17.9 Å². The highest BCUT2D eigenvalue weighted by Crippen LogP contribution is 2.60. The van der Waals surface area contributed by atoms with Crippen molar-refractivity contribution < 1.29 is 33.7 Å². The maximum atomic E-state index is 12.4. The second-order valence-electron chi connectivity index (χ2n) is 10.9. The Labute approximate surface area is 196 Å². The van der Waals surface area contributed by atoms with E-state index in [1.165, 1.54) is 20.8 Å². The summed E-state index contributed by atoms with van der Waals surface area (Å²) in [6, 6.07) is 0. The fourth-order valence-electron chi connectivity index (χ4n) is 7.10. The first kappa shape index (κ1) is 25.5. The third kappa shape index (κ3) is 4.61. The van der Waals surface area contributed by atoms with E-state index in [2.05, 4.69) is 13.5 Å². The van der Waals surface area contributed by atoms with Gasteiger partial charge in [0.25, 0.3) is 0 Å². The molecule has 0 spiro atoms. The van der Waals surface area contributed by atoms with Crippen molar-refractivity contribution in [3.05, 3.63) is 23.3 Å². The second-order valence-corrected chi connectivity index (χ2v) is 10.9. The van der Waals surface area contributed by atoms with Crippen LogP contribution < -0.4 is 0 Å². The van der Waals surface area contributed by atoms with Gasteiger partial charge in [0, 0.05) is 39.0 Å². The van der Waals surface area contributed by atoms with Gasteiger partial charge in [0.2, 0.25) is 0 Å². The van der Waals surface area contributed by atoms with Crippen LogP contribution in [0.25, 0.3) is 0 Å². The number of aliphatic hydroxyl groups is 1. The fraction of sp³-hybridized carbons (Fsp3) is 0.731. The molecule has 3 aliphatic carbocycles. The van der Waals surface area contributed by atoms with Crippen molar-refractivity contribution in [3.63, 3.8) is 0 Å². The number of carbonyl (C=O) groups is 3. The van der Waals surface area contributed by atoms with Crippen LogP contribution in [-0.2, 0) is 28.6 Å². The summed E-state index contributed by atoms with van der Waals surface area (Å²) >= 11 is 0. The molecule has 3 rings (SSSR count). The molecule has 0 unspecified atom stereocenters. The number of rotatable bonds is 3. The highest BCUT2D eigenvalue weighted by molar-refractivity contribution is 5.67. The van der Waals surface area contributed by atoms with Crippen LogP contribution in [0.15, 0.2) is 23.3 Å². The highest BCUT2D eigenvalue weighted by Gasteiger charge is 2.60. The lowest BCUT2D eigenvalue weighted by Crippen LogP contribution is -2.60. The molecule has 2 bridgehead atoms. The zero-order chi connectivity index (χ0) is 24.9. The third-order valence-corrected chi connectivity index (χ3v) is 8.04. The molecule has 33 heavy (non-hydrogen) atoms. The van der Waals surface area contributed by atoms with Crippen molar-refractivity contribution in [2.24, 2.45) is 22.7 Å². The monoisotopic (exact) mass is 462 g/mol. The molecule has 3 aliphatic rings. The van der Waals surface area contributed by atoms with Gasteiger partial charge in [-0.2, -0.15) is 0 Å². The van der Waals surface area contributed by atoms with E-state index in [9.17, 15) is 19.5 Å². The Morgan fingerprint density at radius 3 is 2.12 bits per heavy atom. The Kier molecular flexibility index (Phi) is 6.87. The van der Waals surface area contributed by atoms with E-state index < -0.39 is 59.1 Å². The lowest BCUT2D eigenvalue weighted by molar-refractivity contribution is -0.183. The van der Waals surface area contributed by atoms with E-state index in [1.807, 2.05) is 20.8 Å². The normalized spacial score (nSPS) is 37.9. The molecule has 0 aromatic heterocycles. The molecule has 0 radical (unpaired) electrons. The first-order valence-electron chi connectivity index (χ1n) is 11.8. The van der Waals surface area contributed by atoms with Gasteiger partial charge in [0.15, 0.2) is 0 Å². The molecule has 0 heterocycles. The molecule has 2 fully saturated rings. The number of hydrogen-bond donors (Lipinski definition) is 1. The highest BCUT2D eigenvalue weighted by atomic mass is 16.6. The first-order valence-corrected chi connectivity index (χ1v) is 11.8. The summed E-state index contributed by atoms with van der Waals surface area (Å²) in [7, 11) is 0. The first-order chi connectivity index (χ1) is 15.2. The molecule has 0 saturated heterocycles. The number of aliphatic hydroxyl groups excluding tert-OH is 1. The Balaban J connectivity index is 2.23. The van der Waals surface area contributed by atoms with Crippen LogP contribution in [0.3, 0.4) is 0 Å². The van der Waals surface area contributed by atoms with Crippen molar-refractivity contribution in [1.82, 2.24) is 0 Å². The number of hydrogen-bond acceptors (Lipinski definition) is 7. The molecule has 184 valence electrons. The van der Waals surface area contributed by atoms with Crippen LogP contribution in [0.4, 0.5) is 0 Å². The van der Waals surface area contributed by atoms with Crippen molar-refractivity contribution in [2.45, 2.75) is 98.6 Å². The summed E-state index contributed by atoms with van der Waals surface area (Å²) in [5.41, 5.74) is 1.56. The maximum absolute atomic E-state index is 12.4. The van der Waals surface area contributed by atoms with E-state index >= 15 is 0 Å². The van der Waals surface area contributed by atoms with E-state index in [-0.39, 0.29) is 5.92 Å². The minimum Gasteiger partial charge on any atom is -0.462 e. The topological polar surface area (TPSA) is 99.1 Å². The molecule has 2 saturated carbocycles. The fourth-order valence-corrected chi connectivity index (χ4v) is 7.10. The molecule has 1 N–H and O–H groups in total. The van der Waals surface area contributed by atoms with Crippen molar-refractivity contribution in [2.75, 3.05) is 0 Å². The van der Waals surface area contributed by atoms with E-state index in [0.29, 0.717) is 31.3 Å². The molecule has 0 aromatic carbocycles. The van der Waals surface area contributed by atoms with Crippen LogP contribution >= 0.6 is 0 Å².